The van der Waals surface area contributed by atoms with E-state index in [4.69, 9.17) is 0 Å². The Labute approximate surface area is 77.1 Å². The van der Waals surface area contributed by atoms with E-state index >= 15 is 0 Å². The SMILES string of the molecule is COc1ccc(F)c(OC(F)(F)F)c1. The summed E-state index contributed by atoms with van der Waals surface area (Å²) in [5, 5.41) is 0. The van der Waals surface area contributed by atoms with E-state index in [0.717, 1.165) is 12.1 Å². The predicted molar refractivity (Wildman–Crippen MR) is 39.6 cm³/mol. The number of ether oxygens (including phenoxy) is 2. The second kappa shape index (κ2) is 3.73. The standard InChI is InChI=1S/C8H6F4O2/c1-13-5-2-3-6(9)7(4-5)14-8(10,11)12/h2-4H,1H3. The van der Waals surface area contributed by atoms with Crippen LogP contribution in [0, 0.1) is 5.82 Å². The molecule has 14 heavy (non-hydrogen) atoms. The average molecular weight is 210 g/mol. The molecule has 2 nitrogen and oxygen atoms in total. The number of alkyl halides is 3. The summed E-state index contributed by atoms with van der Waals surface area (Å²) in [6, 6.07) is 2.85. The number of methoxy groups -OCH3 is 1. The number of rotatable bonds is 2. The molecule has 6 heteroatoms. The first-order valence-corrected chi connectivity index (χ1v) is 3.51. The maximum absolute atomic E-state index is 12.8. The van der Waals surface area contributed by atoms with Gasteiger partial charge in [-0.15, -0.1) is 13.2 Å². The van der Waals surface area contributed by atoms with Crippen molar-refractivity contribution in [3.8, 4) is 11.5 Å². The minimum Gasteiger partial charge on any atom is -0.497 e. The van der Waals surface area contributed by atoms with Crippen molar-refractivity contribution < 1.29 is 27.0 Å². The van der Waals surface area contributed by atoms with Crippen LogP contribution in [0.1, 0.15) is 0 Å². The summed E-state index contributed by atoms with van der Waals surface area (Å²) in [6.45, 7) is 0. The van der Waals surface area contributed by atoms with E-state index in [-0.39, 0.29) is 5.75 Å². The summed E-state index contributed by atoms with van der Waals surface area (Å²) in [5.74, 6) is -1.91. The molecule has 0 amide bonds. The van der Waals surface area contributed by atoms with Crippen LogP contribution in [-0.2, 0) is 0 Å². The summed E-state index contributed by atoms with van der Waals surface area (Å²) >= 11 is 0. The van der Waals surface area contributed by atoms with Gasteiger partial charge >= 0.3 is 6.36 Å². The topological polar surface area (TPSA) is 18.5 Å². The van der Waals surface area contributed by atoms with Gasteiger partial charge in [0.2, 0.25) is 0 Å². The van der Waals surface area contributed by atoms with E-state index < -0.39 is 17.9 Å². The minimum atomic E-state index is -4.91. The van der Waals surface area contributed by atoms with Gasteiger partial charge in [0, 0.05) is 6.07 Å². The summed E-state index contributed by atoms with van der Waals surface area (Å²) in [5.41, 5.74) is 0. The van der Waals surface area contributed by atoms with Crippen LogP contribution in [0.25, 0.3) is 0 Å². The highest BCUT2D eigenvalue weighted by Crippen LogP contribution is 2.28. The van der Waals surface area contributed by atoms with E-state index in [0.29, 0.717) is 0 Å². The van der Waals surface area contributed by atoms with Gasteiger partial charge in [-0.25, -0.2) is 4.39 Å². The van der Waals surface area contributed by atoms with Gasteiger partial charge in [0.15, 0.2) is 11.6 Å². The van der Waals surface area contributed by atoms with E-state index in [1.54, 1.807) is 0 Å². The molecule has 0 N–H and O–H groups in total. The van der Waals surface area contributed by atoms with Crippen LogP contribution in [0.15, 0.2) is 18.2 Å². The molecule has 0 radical (unpaired) electrons. The molecule has 0 heterocycles. The fourth-order valence-electron chi connectivity index (χ4n) is 0.814. The molecule has 0 aliphatic rings. The molecule has 0 atom stereocenters. The van der Waals surface area contributed by atoms with Crippen molar-refractivity contribution in [3.05, 3.63) is 24.0 Å². The van der Waals surface area contributed by atoms with Gasteiger partial charge in [-0.2, -0.15) is 0 Å². The molecule has 0 aliphatic carbocycles. The van der Waals surface area contributed by atoms with Gasteiger partial charge in [-0.05, 0) is 12.1 Å². The number of benzene rings is 1. The van der Waals surface area contributed by atoms with E-state index in [9.17, 15) is 17.6 Å². The normalized spacial score (nSPS) is 11.2. The first kappa shape index (κ1) is 10.6. The van der Waals surface area contributed by atoms with Crippen molar-refractivity contribution in [1.82, 2.24) is 0 Å². The Morgan fingerprint density at radius 3 is 2.36 bits per heavy atom. The molecule has 1 aromatic rings. The average Bonchev–Trinajstić information content (AvgIpc) is 2.06. The van der Waals surface area contributed by atoms with Crippen LogP contribution < -0.4 is 9.47 Å². The summed E-state index contributed by atoms with van der Waals surface area (Å²) in [7, 11) is 1.25. The molecule has 1 rings (SSSR count). The third kappa shape index (κ3) is 2.79. The zero-order valence-corrected chi connectivity index (χ0v) is 7.06. The first-order valence-electron chi connectivity index (χ1n) is 3.51. The molecule has 0 bridgehead atoms. The zero-order valence-electron chi connectivity index (χ0n) is 7.06. The number of hydrogen-bond donors (Lipinski definition) is 0. The van der Waals surface area contributed by atoms with Gasteiger partial charge in [0.25, 0.3) is 0 Å². The first-order chi connectivity index (χ1) is 6.42. The maximum atomic E-state index is 12.8. The van der Waals surface area contributed by atoms with Crippen LogP contribution in [0.5, 0.6) is 11.5 Å². The van der Waals surface area contributed by atoms with Crippen molar-refractivity contribution in [3.63, 3.8) is 0 Å². The third-order valence-corrected chi connectivity index (χ3v) is 1.36. The molecule has 0 unspecified atom stereocenters. The van der Waals surface area contributed by atoms with Gasteiger partial charge in [0.05, 0.1) is 7.11 Å². The van der Waals surface area contributed by atoms with Gasteiger partial charge in [-0.3, -0.25) is 0 Å². The molecule has 0 aromatic heterocycles. The lowest BCUT2D eigenvalue weighted by Crippen LogP contribution is -2.17. The smallest absolute Gasteiger partial charge is 0.497 e. The van der Waals surface area contributed by atoms with Gasteiger partial charge in [0.1, 0.15) is 5.75 Å². The Kier molecular flexibility index (Phi) is 2.83. The lowest BCUT2D eigenvalue weighted by molar-refractivity contribution is -0.275. The maximum Gasteiger partial charge on any atom is 0.573 e. The minimum absolute atomic E-state index is 0.0886. The molecule has 0 saturated carbocycles. The molecule has 0 spiro atoms. The third-order valence-electron chi connectivity index (χ3n) is 1.36. The fraction of sp³-hybridized carbons (Fsp3) is 0.250. The monoisotopic (exact) mass is 210 g/mol. The lowest BCUT2D eigenvalue weighted by atomic mass is 10.3. The Balaban J connectivity index is 2.95. The van der Waals surface area contributed by atoms with E-state index in [2.05, 4.69) is 9.47 Å². The second-order valence-electron chi connectivity index (χ2n) is 2.34. The lowest BCUT2D eigenvalue weighted by Gasteiger charge is -2.10. The van der Waals surface area contributed by atoms with E-state index in [1.807, 2.05) is 0 Å². The largest absolute Gasteiger partial charge is 0.573 e. The molecule has 1 aromatic carbocycles. The van der Waals surface area contributed by atoms with Gasteiger partial charge in [-0.1, -0.05) is 0 Å². The van der Waals surface area contributed by atoms with Crippen LogP contribution in [-0.4, -0.2) is 13.5 Å². The fourth-order valence-corrected chi connectivity index (χ4v) is 0.814. The molecule has 0 fully saturated rings. The van der Waals surface area contributed by atoms with E-state index in [1.165, 1.54) is 13.2 Å². The highest BCUT2D eigenvalue weighted by atomic mass is 19.4. The zero-order chi connectivity index (χ0) is 10.8. The summed E-state index contributed by atoms with van der Waals surface area (Å²) in [4.78, 5) is 0. The highest BCUT2D eigenvalue weighted by molar-refractivity contribution is 5.34. The molecule has 0 aliphatic heterocycles. The Hall–Kier alpha value is -1.46. The van der Waals surface area contributed by atoms with Crippen LogP contribution in [0.3, 0.4) is 0 Å². The molecule has 78 valence electrons. The Bertz CT molecular complexity index is 322. The molecular formula is C8H6F4O2. The van der Waals surface area contributed by atoms with Crippen LogP contribution >= 0.6 is 0 Å². The number of halogens is 4. The van der Waals surface area contributed by atoms with Crippen molar-refractivity contribution >= 4 is 0 Å². The quantitative estimate of drug-likeness (QED) is 0.698. The van der Waals surface area contributed by atoms with Crippen LogP contribution in [0.4, 0.5) is 17.6 Å². The predicted octanol–water partition coefficient (Wildman–Crippen LogP) is 2.73. The molecular weight excluding hydrogens is 204 g/mol. The van der Waals surface area contributed by atoms with Crippen molar-refractivity contribution in [2.45, 2.75) is 6.36 Å². The summed E-state index contributed by atoms with van der Waals surface area (Å²) in [6.07, 6.45) is -4.91. The Morgan fingerprint density at radius 2 is 1.86 bits per heavy atom. The highest BCUT2D eigenvalue weighted by Gasteiger charge is 2.32. The number of hydrogen-bond acceptors (Lipinski definition) is 2. The van der Waals surface area contributed by atoms with Crippen LogP contribution in [0.2, 0.25) is 0 Å². The molecule has 0 saturated heterocycles. The summed E-state index contributed by atoms with van der Waals surface area (Å²) < 4.78 is 56.0. The Morgan fingerprint density at radius 1 is 1.21 bits per heavy atom. The van der Waals surface area contributed by atoms with Crippen molar-refractivity contribution in [2.24, 2.45) is 0 Å². The van der Waals surface area contributed by atoms with Gasteiger partial charge < -0.3 is 9.47 Å². The van der Waals surface area contributed by atoms with Crippen molar-refractivity contribution in [2.75, 3.05) is 7.11 Å². The second-order valence-corrected chi connectivity index (χ2v) is 2.34. The van der Waals surface area contributed by atoms with Crippen molar-refractivity contribution in [1.29, 1.82) is 0 Å².